The van der Waals surface area contributed by atoms with Gasteiger partial charge in [0.2, 0.25) is 0 Å². The van der Waals surface area contributed by atoms with Gasteiger partial charge in [0.25, 0.3) is 0 Å². The molecule has 1 heterocycles. The molecule has 0 aromatic heterocycles. The number of piperazine rings is 1. The summed E-state index contributed by atoms with van der Waals surface area (Å²) in [5.41, 5.74) is -1.11. The van der Waals surface area contributed by atoms with Crippen molar-refractivity contribution in [2.75, 3.05) is 26.2 Å². The van der Waals surface area contributed by atoms with E-state index >= 15 is 0 Å². The maximum atomic E-state index is 14.3. The second-order valence-electron chi connectivity index (χ2n) is 5.03. The van der Waals surface area contributed by atoms with Crippen LogP contribution in [0.2, 0.25) is 0 Å². The van der Waals surface area contributed by atoms with Gasteiger partial charge in [-0.15, -0.1) is 31.4 Å². The maximum Gasteiger partial charge on any atom is 0.419 e. The van der Waals surface area contributed by atoms with E-state index in [0.29, 0.717) is 19.5 Å². The van der Waals surface area contributed by atoms with Crippen LogP contribution in [0, 0.1) is 5.82 Å². The van der Waals surface area contributed by atoms with Crippen LogP contribution in [0.1, 0.15) is 23.6 Å². The second-order valence-corrected chi connectivity index (χ2v) is 5.03. The van der Waals surface area contributed by atoms with Gasteiger partial charge in [0.05, 0.1) is 5.56 Å². The number of alkyl halides is 3. The highest BCUT2D eigenvalue weighted by atomic mass is 35.5. The molecule has 0 unspecified atom stereocenters. The van der Waals surface area contributed by atoms with Gasteiger partial charge in [-0.2, -0.15) is 13.2 Å². The second kappa shape index (κ2) is 9.47. The summed E-state index contributed by atoms with van der Waals surface area (Å²) in [7, 11) is 0. The molecule has 0 saturated carbocycles. The summed E-state index contributed by atoms with van der Waals surface area (Å²) in [5.74, 6) is -1.17. The van der Waals surface area contributed by atoms with Crippen LogP contribution in [0.4, 0.5) is 17.6 Å². The normalized spacial score (nSPS) is 16.9. The quantitative estimate of drug-likeness (QED) is 0.627. The third kappa shape index (κ3) is 5.35. The Morgan fingerprint density at radius 1 is 1.22 bits per heavy atom. The number of hydrogen-bond donors (Lipinski definition) is 1. The minimum absolute atomic E-state index is 0. The van der Waals surface area contributed by atoms with Crippen LogP contribution in [0.25, 0.3) is 0 Å². The van der Waals surface area contributed by atoms with Crippen LogP contribution in [-0.2, 0) is 6.18 Å². The Bertz CT molecular complexity index is 503. The summed E-state index contributed by atoms with van der Waals surface area (Å²) in [4.78, 5) is 2.00. The molecule has 1 fully saturated rings. The molecule has 0 radical (unpaired) electrons. The fraction of sp³-hybridized carbons (Fsp3) is 0.467. The molecule has 1 atom stereocenters. The fourth-order valence-electron chi connectivity index (χ4n) is 2.65. The highest BCUT2D eigenvalue weighted by molar-refractivity contribution is 5.85. The topological polar surface area (TPSA) is 15.3 Å². The molecule has 1 N–H and O–H groups in total. The summed E-state index contributed by atoms with van der Waals surface area (Å²) >= 11 is 0. The fourth-order valence-corrected chi connectivity index (χ4v) is 2.65. The van der Waals surface area contributed by atoms with Crippen molar-refractivity contribution in [2.45, 2.75) is 18.6 Å². The first kappa shape index (κ1) is 22.2. The van der Waals surface area contributed by atoms with Crippen molar-refractivity contribution in [3.8, 4) is 0 Å². The van der Waals surface area contributed by atoms with E-state index in [-0.39, 0.29) is 30.4 Å². The van der Waals surface area contributed by atoms with Crippen molar-refractivity contribution in [2.24, 2.45) is 0 Å². The molecule has 132 valence electrons. The summed E-state index contributed by atoms with van der Waals surface area (Å²) in [6.45, 7) is 6.47. The van der Waals surface area contributed by atoms with E-state index in [9.17, 15) is 17.6 Å². The molecule has 1 aromatic rings. The van der Waals surface area contributed by atoms with Crippen molar-refractivity contribution < 1.29 is 17.6 Å². The van der Waals surface area contributed by atoms with E-state index in [4.69, 9.17) is 0 Å². The number of nitrogens with zero attached hydrogens (tertiary/aromatic N) is 1. The lowest BCUT2D eigenvalue weighted by Gasteiger charge is -2.35. The molecule has 1 saturated heterocycles. The molecule has 1 aromatic carbocycles. The molecule has 2 rings (SSSR count). The molecule has 23 heavy (non-hydrogen) atoms. The van der Waals surface area contributed by atoms with Gasteiger partial charge in [0.1, 0.15) is 5.82 Å². The standard InChI is InChI=1S/C15H18F4N2.2ClH/c1-2-4-13(21-9-7-20-8-10-21)11-5-3-6-12(14(11)16)15(17,18)19;;/h2-3,5-6,13,20H,1,4,7-10H2;2*1H/t13-;;/m0../s1. The van der Waals surface area contributed by atoms with Gasteiger partial charge in [0, 0.05) is 37.8 Å². The number of nitrogens with one attached hydrogen (secondary N) is 1. The maximum absolute atomic E-state index is 14.3. The molecular weight excluding hydrogens is 355 g/mol. The molecule has 0 spiro atoms. The van der Waals surface area contributed by atoms with E-state index < -0.39 is 23.6 Å². The van der Waals surface area contributed by atoms with Crippen LogP contribution in [0.5, 0.6) is 0 Å². The Balaban J connectivity index is 0.00000242. The first-order valence-corrected chi connectivity index (χ1v) is 6.86. The zero-order chi connectivity index (χ0) is 15.5. The third-order valence-electron chi connectivity index (χ3n) is 3.68. The SMILES string of the molecule is C=CC[C@@H](c1cccc(C(F)(F)F)c1F)N1CCNCC1.Cl.Cl. The predicted molar refractivity (Wildman–Crippen MR) is 87.9 cm³/mol. The van der Waals surface area contributed by atoms with Gasteiger partial charge in [-0.1, -0.05) is 18.2 Å². The van der Waals surface area contributed by atoms with Crippen molar-refractivity contribution in [1.29, 1.82) is 0 Å². The average Bonchev–Trinajstić information content (AvgIpc) is 2.45. The van der Waals surface area contributed by atoms with Crippen molar-refractivity contribution in [3.63, 3.8) is 0 Å². The van der Waals surface area contributed by atoms with E-state index in [0.717, 1.165) is 19.2 Å². The predicted octanol–water partition coefficient (Wildman–Crippen LogP) is 4.21. The Morgan fingerprint density at radius 3 is 2.35 bits per heavy atom. The number of benzene rings is 1. The largest absolute Gasteiger partial charge is 0.419 e. The lowest BCUT2D eigenvalue weighted by atomic mass is 9.98. The summed E-state index contributed by atoms with van der Waals surface area (Å²) in [5, 5.41) is 3.17. The van der Waals surface area contributed by atoms with Gasteiger partial charge < -0.3 is 5.32 Å². The lowest BCUT2D eigenvalue weighted by molar-refractivity contribution is -0.140. The number of rotatable bonds is 4. The third-order valence-corrected chi connectivity index (χ3v) is 3.68. The number of halogens is 6. The lowest BCUT2D eigenvalue weighted by Crippen LogP contribution is -2.45. The van der Waals surface area contributed by atoms with E-state index in [1.54, 1.807) is 6.08 Å². The first-order chi connectivity index (χ1) is 9.95. The van der Waals surface area contributed by atoms with Gasteiger partial charge in [0.15, 0.2) is 0 Å². The van der Waals surface area contributed by atoms with E-state index in [2.05, 4.69) is 11.9 Å². The molecule has 0 bridgehead atoms. The van der Waals surface area contributed by atoms with Crippen LogP contribution < -0.4 is 5.32 Å². The molecule has 0 amide bonds. The molecule has 1 aliphatic rings. The number of hydrogen-bond acceptors (Lipinski definition) is 2. The Kier molecular flexibility index (Phi) is 9.13. The van der Waals surface area contributed by atoms with Crippen LogP contribution in [0.3, 0.4) is 0 Å². The van der Waals surface area contributed by atoms with Crippen molar-refractivity contribution >= 4 is 24.8 Å². The van der Waals surface area contributed by atoms with Gasteiger partial charge >= 0.3 is 6.18 Å². The Hall–Kier alpha value is -0.820. The highest BCUT2D eigenvalue weighted by Gasteiger charge is 2.36. The van der Waals surface area contributed by atoms with Gasteiger partial charge in [-0.05, 0) is 12.5 Å². The zero-order valence-electron chi connectivity index (χ0n) is 12.4. The Labute approximate surface area is 145 Å². The minimum Gasteiger partial charge on any atom is -0.314 e. The summed E-state index contributed by atoms with van der Waals surface area (Å²) < 4.78 is 52.8. The van der Waals surface area contributed by atoms with Crippen LogP contribution in [-0.4, -0.2) is 31.1 Å². The summed E-state index contributed by atoms with van der Waals surface area (Å²) in [6.07, 6.45) is -2.65. The van der Waals surface area contributed by atoms with Crippen molar-refractivity contribution in [1.82, 2.24) is 10.2 Å². The van der Waals surface area contributed by atoms with E-state index in [1.165, 1.54) is 12.1 Å². The minimum atomic E-state index is -4.68. The molecule has 1 aliphatic heterocycles. The smallest absolute Gasteiger partial charge is 0.314 e. The monoisotopic (exact) mass is 374 g/mol. The van der Waals surface area contributed by atoms with Crippen LogP contribution in [0.15, 0.2) is 30.9 Å². The molecule has 2 nitrogen and oxygen atoms in total. The van der Waals surface area contributed by atoms with Gasteiger partial charge in [-0.25, -0.2) is 4.39 Å². The Morgan fingerprint density at radius 2 is 1.83 bits per heavy atom. The van der Waals surface area contributed by atoms with Crippen molar-refractivity contribution in [3.05, 3.63) is 47.8 Å². The van der Waals surface area contributed by atoms with Gasteiger partial charge in [-0.3, -0.25) is 4.90 Å². The molecular formula is C15H20Cl2F4N2. The average molecular weight is 375 g/mol. The van der Waals surface area contributed by atoms with Crippen LogP contribution >= 0.6 is 24.8 Å². The first-order valence-electron chi connectivity index (χ1n) is 6.86. The highest BCUT2D eigenvalue weighted by Crippen LogP contribution is 2.36. The molecule has 0 aliphatic carbocycles. The van der Waals surface area contributed by atoms with E-state index in [1.807, 2.05) is 4.90 Å². The molecule has 8 heteroatoms. The zero-order valence-corrected chi connectivity index (χ0v) is 14.0. The summed E-state index contributed by atoms with van der Waals surface area (Å²) in [6, 6.07) is 3.06.